The Labute approximate surface area is 103 Å². The molecule has 0 saturated heterocycles. The Balaban J connectivity index is 2.89. The third kappa shape index (κ3) is 3.96. The van der Waals surface area contributed by atoms with Crippen LogP contribution in [0.1, 0.15) is 18.3 Å². The molecule has 0 aliphatic heterocycles. The minimum Gasteiger partial charge on any atom is -0.316 e. The van der Waals surface area contributed by atoms with E-state index < -0.39 is 11.9 Å². The van der Waals surface area contributed by atoms with Gasteiger partial charge in [-0.3, -0.25) is 4.98 Å². The van der Waals surface area contributed by atoms with Crippen LogP contribution in [-0.4, -0.2) is 23.6 Å². The average Bonchev–Trinajstić information content (AvgIpc) is 2.28. The molecule has 1 aromatic heterocycles. The number of nitrogens with zero attached hydrogens (tertiary/aromatic N) is 2. The quantitative estimate of drug-likeness (QED) is 0.843. The minimum absolute atomic E-state index is 0.403. The average molecular weight is 257 g/mol. The van der Waals surface area contributed by atoms with Gasteiger partial charge in [0, 0.05) is 6.54 Å². The topological polar surface area (TPSA) is 37.8 Å². The van der Waals surface area contributed by atoms with E-state index in [0.717, 1.165) is 23.5 Å². The predicted molar refractivity (Wildman–Crippen MR) is 63.8 cm³/mol. The van der Waals surface area contributed by atoms with E-state index in [1.165, 1.54) is 0 Å². The Morgan fingerprint density at radius 2 is 2.06 bits per heavy atom. The second kappa shape index (κ2) is 5.77. The number of nitrogens with one attached hydrogen (secondary N) is 1. The van der Waals surface area contributed by atoms with E-state index in [0.29, 0.717) is 12.2 Å². The molecule has 6 heteroatoms. The smallest absolute Gasteiger partial charge is 0.316 e. The van der Waals surface area contributed by atoms with E-state index in [9.17, 15) is 13.2 Å². The highest BCUT2D eigenvalue weighted by atomic mass is 19.4. The summed E-state index contributed by atoms with van der Waals surface area (Å²) in [4.78, 5) is 7.10. The Kier molecular flexibility index (Phi) is 4.61. The van der Waals surface area contributed by atoms with Crippen LogP contribution in [0, 0.1) is 0 Å². The number of allylic oxidation sites excluding steroid dienone is 1. The van der Waals surface area contributed by atoms with Gasteiger partial charge in [-0.15, -0.1) is 0 Å². The second-order valence-electron chi connectivity index (χ2n) is 3.80. The highest BCUT2D eigenvalue weighted by molar-refractivity contribution is 5.62. The van der Waals surface area contributed by atoms with E-state index in [4.69, 9.17) is 0 Å². The third-order valence-electron chi connectivity index (χ3n) is 2.17. The summed E-state index contributed by atoms with van der Waals surface area (Å²) < 4.78 is 36.9. The molecule has 0 saturated carbocycles. The first-order chi connectivity index (χ1) is 8.34. The van der Waals surface area contributed by atoms with Gasteiger partial charge in [-0.05, 0) is 25.1 Å². The minimum atomic E-state index is -4.46. The molecule has 0 fully saturated rings. The fraction of sp³-hybridized carbons (Fsp3) is 0.333. The molecular formula is C12H14F3N3. The fourth-order valence-corrected chi connectivity index (χ4v) is 1.34. The zero-order valence-electron chi connectivity index (χ0n) is 10.2. The Bertz CT molecular complexity index is 447. The number of hydrogen-bond acceptors (Lipinski definition) is 3. The number of rotatable bonds is 4. The SMILES string of the molecule is C=C(/C=C(\C)c1cnc(C(F)(F)F)cn1)CNC. The highest BCUT2D eigenvalue weighted by Gasteiger charge is 2.32. The maximum atomic E-state index is 12.3. The van der Waals surface area contributed by atoms with Crippen LogP contribution in [0.5, 0.6) is 0 Å². The summed E-state index contributed by atoms with van der Waals surface area (Å²) in [6.07, 6.45) is -0.860. The van der Waals surface area contributed by atoms with Crippen molar-refractivity contribution in [3.05, 3.63) is 42.0 Å². The number of hydrogen-bond donors (Lipinski definition) is 1. The summed E-state index contributed by atoms with van der Waals surface area (Å²) in [5, 5.41) is 2.92. The van der Waals surface area contributed by atoms with Crippen LogP contribution in [-0.2, 0) is 6.18 Å². The van der Waals surface area contributed by atoms with Gasteiger partial charge in [0.25, 0.3) is 0 Å². The molecule has 98 valence electrons. The molecule has 0 atom stereocenters. The number of alkyl halides is 3. The molecule has 1 N–H and O–H groups in total. The fourth-order valence-electron chi connectivity index (χ4n) is 1.34. The van der Waals surface area contributed by atoms with Crippen LogP contribution in [0.2, 0.25) is 0 Å². The molecule has 0 bridgehead atoms. The molecule has 3 nitrogen and oxygen atoms in total. The van der Waals surface area contributed by atoms with Crippen molar-refractivity contribution in [3.63, 3.8) is 0 Å². The largest absolute Gasteiger partial charge is 0.434 e. The lowest BCUT2D eigenvalue weighted by molar-refractivity contribution is -0.141. The summed E-state index contributed by atoms with van der Waals surface area (Å²) in [5.41, 5.74) is 0.946. The lowest BCUT2D eigenvalue weighted by Crippen LogP contribution is -2.09. The molecule has 0 unspecified atom stereocenters. The Morgan fingerprint density at radius 1 is 1.39 bits per heavy atom. The van der Waals surface area contributed by atoms with Crippen LogP contribution >= 0.6 is 0 Å². The molecule has 0 aliphatic rings. The molecule has 0 amide bonds. The van der Waals surface area contributed by atoms with Crippen LogP contribution in [0.3, 0.4) is 0 Å². The maximum Gasteiger partial charge on any atom is 0.434 e. The molecule has 0 aromatic carbocycles. The Morgan fingerprint density at radius 3 is 2.50 bits per heavy atom. The van der Waals surface area contributed by atoms with Gasteiger partial charge in [-0.2, -0.15) is 13.2 Å². The standard InChI is InChI=1S/C12H14F3N3/c1-8(5-16-3)4-9(2)10-6-18-11(7-17-10)12(13,14)15/h4,6-7,16H,1,5H2,2-3H3/b9-4+. The van der Waals surface area contributed by atoms with Gasteiger partial charge in [-0.1, -0.05) is 12.7 Å². The van der Waals surface area contributed by atoms with E-state index in [-0.39, 0.29) is 0 Å². The zero-order valence-corrected chi connectivity index (χ0v) is 10.2. The lowest BCUT2D eigenvalue weighted by atomic mass is 10.1. The maximum absolute atomic E-state index is 12.3. The summed E-state index contributed by atoms with van der Waals surface area (Å²) in [7, 11) is 1.78. The summed E-state index contributed by atoms with van der Waals surface area (Å²) in [5.74, 6) is 0. The lowest BCUT2D eigenvalue weighted by Gasteiger charge is -2.06. The molecule has 0 spiro atoms. The zero-order chi connectivity index (χ0) is 13.8. The van der Waals surface area contributed by atoms with Crippen molar-refractivity contribution in [3.8, 4) is 0 Å². The predicted octanol–water partition coefficient (Wildman–Crippen LogP) is 2.67. The Hall–Kier alpha value is -1.69. The first kappa shape index (κ1) is 14.4. The molecule has 1 heterocycles. The third-order valence-corrected chi connectivity index (χ3v) is 2.17. The first-order valence-corrected chi connectivity index (χ1v) is 5.25. The normalized spacial score (nSPS) is 12.6. The van der Waals surface area contributed by atoms with Gasteiger partial charge in [-0.25, -0.2) is 4.98 Å². The molecule has 18 heavy (non-hydrogen) atoms. The van der Waals surface area contributed by atoms with Crippen molar-refractivity contribution in [1.82, 2.24) is 15.3 Å². The van der Waals surface area contributed by atoms with Crippen LogP contribution in [0.25, 0.3) is 5.57 Å². The monoisotopic (exact) mass is 257 g/mol. The van der Waals surface area contributed by atoms with E-state index in [1.807, 2.05) is 0 Å². The van der Waals surface area contributed by atoms with Crippen molar-refractivity contribution < 1.29 is 13.2 Å². The van der Waals surface area contributed by atoms with Crippen molar-refractivity contribution in [2.24, 2.45) is 0 Å². The molecule has 0 aliphatic carbocycles. The van der Waals surface area contributed by atoms with Crippen LogP contribution in [0.15, 0.2) is 30.6 Å². The molecule has 1 aromatic rings. The summed E-state index contributed by atoms with van der Waals surface area (Å²) in [6.45, 7) is 6.15. The van der Waals surface area contributed by atoms with Gasteiger partial charge < -0.3 is 5.32 Å². The summed E-state index contributed by atoms with van der Waals surface area (Å²) in [6, 6.07) is 0. The molecular weight excluding hydrogens is 243 g/mol. The molecule has 1 rings (SSSR count). The van der Waals surface area contributed by atoms with Gasteiger partial charge in [0.1, 0.15) is 0 Å². The van der Waals surface area contributed by atoms with Crippen molar-refractivity contribution >= 4 is 5.57 Å². The van der Waals surface area contributed by atoms with Gasteiger partial charge in [0.2, 0.25) is 0 Å². The van der Waals surface area contributed by atoms with Crippen molar-refractivity contribution in [2.45, 2.75) is 13.1 Å². The van der Waals surface area contributed by atoms with Crippen molar-refractivity contribution in [1.29, 1.82) is 0 Å². The van der Waals surface area contributed by atoms with Gasteiger partial charge in [0.05, 0.1) is 18.1 Å². The van der Waals surface area contributed by atoms with Gasteiger partial charge in [0.15, 0.2) is 5.69 Å². The van der Waals surface area contributed by atoms with Crippen LogP contribution in [0.4, 0.5) is 13.2 Å². The van der Waals surface area contributed by atoms with Gasteiger partial charge >= 0.3 is 6.18 Å². The van der Waals surface area contributed by atoms with E-state index in [1.54, 1.807) is 20.0 Å². The summed E-state index contributed by atoms with van der Waals surface area (Å²) >= 11 is 0. The van der Waals surface area contributed by atoms with E-state index in [2.05, 4.69) is 21.9 Å². The highest BCUT2D eigenvalue weighted by Crippen LogP contribution is 2.27. The second-order valence-corrected chi connectivity index (χ2v) is 3.80. The number of likely N-dealkylation sites (N-methyl/N-ethyl adjacent to an activating group) is 1. The van der Waals surface area contributed by atoms with Crippen molar-refractivity contribution in [2.75, 3.05) is 13.6 Å². The number of aromatic nitrogens is 2. The molecule has 0 radical (unpaired) electrons. The van der Waals surface area contributed by atoms with E-state index >= 15 is 0 Å². The van der Waals surface area contributed by atoms with Crippen LogP contribution < -0.4 is 5.32 Å². The first-order valence-electron chi connectivity index (χ1n) is 5.25. The number of halogens is 3.